The zero-order valence-electron chi connectivity index (χ0n) is 11.8. The Morgan fingerprint density at radius 3 is 2.53 bits per heavy atom. The average Bonchev–Trinajstić information content (AvgIpc) is 2.88. The number of aromatic nitrogens is 1. The smallest absolute Gasteiger partial charge is 0.134 e. The van der Waals surface area contributed by atoms with Crippen molar-refractivity contribution in [3.63, 3.8) is 0 Å². The van der Waals surface area contributed by atoms with Crippen LogP contribution in [-0.4, -0.2) is 23.2 Å². The zero-order valence-corrected chi connectivity index (χ0v) is 11.8. The summed E-state index contributed by atoms with van der Waals surface area (Å²) in [5, 5.41) is 9.87. The van der Waals surface area contributed by atoms with Crippen molar-refractivity contribution >= 4 is 5.82 Å². The first-order valence-electron chi connectivity index (χ1n) is 7.58. The van der Waals surface area contributed by atoms with Gasteiger partial charge in [-0.1, -0.05) is 18.9 Å². The maximum absolute atomic E-state index is 9.87. The fourth-order valence-corrected chi connectivity index (χ4v) is 3.82. The van der Waals surface area contributed by atoms with Gasteiger partial charge in [0.15, 0.2) is 0 Å². The van der Waals surface area contributed by atoms with Crippen LogP contribution in [0.5, 0.6) is 0 Å². The molecule has 1 aliphatic heterocycles. The molecular formula is C16H24N2O. The molecule has 19 heavy (non-hydrogen) atoms. The second-order valence-corrected chi connectivity index (χ2v) is 6.29. The third-order valence-electron chi connectivity index (χ3n) is 5.05. The summed E-state index contributed by atoms with van der Waals surface area (Å²) in [5.74, 6) is 0.991. The van der Waals surface area contributed by atoms with E-state index in [-0.39, 0.29) is 0 Å². The molecule has 1 aromatic heterocycles. The molecule has 1 saturated carbocycles. The van der Waals surface area contributed by atoms with Crippen LogP contribution < -0.4 is 4.90 Å². The van der Waals surface area contributed by atoms with E-state index in [9.17, 15) is 5.11 Å². The largest absolute Gasteiger partial charge is 0.389 e. The number of rotatable bonds is 2. The maximum atomic E-state index is 9.87. The van der Waals surface area contributed by atoms with E-state index < -0.39 is 6.10 Å². The van der Waals surface area contributed by atoms with Crippen LogP contribution in [0.25, 0.3) is 0 Å². The molecule has 3 rings (SSSR count). The molecule has 2 aliphatic rings. The summed E-state index contributed by atoms with van der Waals surface area (Å²) < 4.78 is 0. The first-order valence-corrected chi connectivity index (χ1v) is 7.58. The van der Waals surface area contributed by atoms with Crippen molar-refractivity contribution in [2.24, 2.45) is 5.41 Å². The number of aliphatic hydroxyl groups excluding tert-OH is 1. The van der Waals surface area contributed by atoms with Crippen LogP contribution >= 0.6 is 0 Å². The lowest BCUT2D eigenvalue weighted by Gasteiger charge is -2.40. The molecule has 1 spiro atoms. The molecule has 0 unspecified atom stereocenters. The molecule has 1 saturated heterocycles. The lowest BCUT2D eigenvalue weighted by Crippen LogP contribution is -2.39. The molecule has 1 atom stereocenters. The molecule has 2 fully saturated rings. The van der Waals surface area contributed by atoms with E-state index >= 15 is 0 Å². The zero-order chi connectivity index (χ0) is 13.3. The van der Waals surface area contributed by atoms with Crippen molar-refractivity contribution in [1.82, 2.24) is 4.98 Å². The molecular weight excluding hydrogens is 236 g/mol. The number of hydrogen-bond acceptors (Lipinski definition) is 3. The van der Waals surface area contributed by atoms with E-state index in [1.165, 1.54) is 38.5 Å². The van der Waals surface area contributed by atoms with Gasteiger partial charge in [-0.05, 0) is 44.1 Å². The Labute approximate surface area is 115 Å². The molecule has 2 heterocycles. The van der Waals surface area contributed by atoms with E-state index in [1.807, 2.05) is 25.3 Å². The topological polar surface area (TPSA) is 36.4 Å². The van der Waals surface area contributed by atoms with Crippen LogP contribution in [0.2, 0.25) is 0 Å². The Morgan fingerprint density at radius 1 is 1.21 bits per heavy atom. The number of piperidine rings is 1. The van der Waals surface area contributed by atoms with E-state index in [2.05, 4.69) is 9.88 Å². The van der Waals surface area contributed by atoms with Gasteiger partial charge < -0.3 is 10.0 Å². The van der Waals surface area contributed by atoms with Gasteiger partial charge in [-0.25, -0.2) is 4.98 Å². The van der Waals surface area contributed by atoms with Crippen LogP contribution in [0.3, 0.4) is 0 Å². The van der Waals surface area contributed by atoms with Crippen LogP contribution in [0.1, 0.15) is 57.1 Å². The second-order valence-electron chi connectivity index (χ2n) is 6.29. The van der Waals surface area contributed by atoms with Crippen molar-refractivity contribution in [2.75, 3.05) is 18.0 Å². The normalized spacial score (nSPS) is 23.8. The Balaban J connectivity index is 1.75. The highest BCUT2D eigenvalue weighted by atomic mass is 16.3. The molecule has 1 aliphatic carbocycles. The predicted octanol–water partition coefficient (Wildman–Crippen LogP) is 3.30. The highest BCUT2D eigenvalue weighted by molar-refractivity contribution is 5.48. The number of anilines is 1. The van der Waals surface area contributed by atoms with E-state index in [0.29, 0.717) is 5.41 Å². The Morgan fingerprint density at radius 2 is 1.89 bits per heavy atom. The lowest BCUT2D eigenvalue weighted by molar-refractivity contribution is 0.197. The quantitative estimate of drug-likeness (QED) is 0.886. The summed E-state index contributed by atoms with van der Waals surface area (Å²) in [6.45, 7) is 4.01. The van der Waals surface area contributed by atoms with Gasteiger partial charge in [0.25, 0.3) is 0 Å². The number of hydrogen-bond donors (Lipinski definition) is 1. The van der Waals surface area contributed by atoms with Crippen LogP contribution in [0.4, 0.5) is 5.82 Å². The van der Waals surface area contributed by atoms with Crippen molar-refractivity contribution < 1.29 is 5.11 Å². The van der Waals surface area contributed by atoms with E-state index in [1.54, 1.807) is 0 Å². The first kappa shape index (κ1) is 12.9. The van der Waals surface area contributed by atoms with E-state index in [0.717, 1.165) is 24.5 Å². The minimum absolute atomic E-state index is 0.439. The summed E-state index contributed by atoms with van der Waals surface area (Å²) in [6.07, 6.45) is 9.67. The maximum Gasteiger partial charge on any atom is 0.134 e. The Hall–Kier alpha value is -1.09. The third-order valence-corrected chi connectivity index (χ3v) is 5.05. The monoisotopic (exact) mass is 260 g/mol. The predicted molar refractivity (Wildman–Crippen MR) is 77.2 cm³/mol. The Kier molecular flexibility index (Phi) is 3.48. The van der Waals surface area contributed by atoms with Gasteiger partial charge in [0.2, 0.25) is 0 Å². The molecule has 1 N–H and O–H groups in total. The minimum Gasteiger partial charge on any atom is -0.389 e. The fraction of sp³-hybridized carbons (Fsp3) is 0.688. The minimum atomic E-state index is -0.439. The van der Waals surface area contributed by atoms with Crippen molar-refractivity contribution in [3.8, 4) is 0 Å². The highest BCUT2D eigenvalue weighted by Crippen LogP contribution is 2.46. The number of pyridine rings is 1. The molecule has 3 heteroatoms. The summed E-state index contributed by atoms with van der Waals surface area (Å²) >= 11 is 0. The lowest BCUT2D eigenvalue weighted by atomic mass is 9.77. The molecule has 0 aromatic carbocycles. The molecule has 104 valence electrons. The van der Waals surface area contributed by atoms with Gasteiger partial charge in [0.1, 0.15) is 5.82 Å². The average molecular weight is 260 g/mol. The van der Waals surface area contributed by atoms with Crippen LogP contribution in [0, 0.1) is 5.41 Å². The summed E-state index contributed by atoms with van der Waals surface area (Å²) in [6, 6.07) is 3.90. The second kappa shape index (κ2) is 5.12. The molecule has 0 bridgehead atoms. The molecule has 1 aromatic rings. The summed E-state index contributed by atoms with van der Waals surface area (Å²) in [7, 11) is 0. The van der Waals surface area contributed by atoms with Gasteiger partial charge in [0.05, 0.1) is 6.10 Å². The molecule has 0 amide bonds. The molecule has 3 nitrogen and oxygen atoms in total. The van der Waals surface area contributed by atoms with Gasteiger partial charge in [-0.15, -0.1) is 0 Å². The SMILES string of the molecule is C[C@@H](O)c1cccnc1N1CCC2(CCCC2)CC1. The van der Waals surface area contributed by atoms with Gasteiger partial charge in [-0.3, -0.25) is 0 Å². The van der Waals surface area contributed by atoms with Crippen LogP contribution in [0.15, 0.2) is 18.3 Å². The van der Waals surface area contributed by atoms with Gasteiger partial charge in [0, 0.05) is 24.8 Å². The summed E-state index contributed by atoms with van der Waals surface area (Å²) in [5.41, 5.74) is 1.60. The summed E-state index contributed by atoms with van der Waals surface area (Å²) in [4.78, 5) is 6.87. The van der Waals surface area contributed by atoms with Crippen molar-refractivity contribution in [1.29, 1.82) is 0 Å². The Bertz CT molecular complexity index is 428. The van der Waals surface area contributed by atoms with Crippen LogP contribution in [-0.2, 0) is 0 Å². The van der Waals surface area contributed by atoms with Gasteiger partial charge in [-0.2, -0.15) is 0 Å². The first-order chi connectivity index (χ1) is 9.20. The number of nitrogens with zero attached hydrogens (tertiary/aromatic N) is 2. The standard InChI is InChI=1S/C16H24N2O/c1-13(19)14-5-4-10-17-15(14)18-11-8-16(9-12-18)6-2-3-7-16/h4-5,10,13,19H,2-3,6-9,11-12H2,1H3/t13-/m1/s1. The van der Waals surface area contributed by atoms with E-state index in [4.69, 9.17) is 0 Å². The van der Waals surface area contributed by atoms with Crippen molar-refractivity contribution in [2.45, 2.75) is 51.6 Å². The molecule has 0 radical (unpaired) electrons. The van der Waals surface area contributed by atoms with Crippen molar-refractivity contribution in [3.05, 3.63) is 23.9 Å². The van der Waals surface area contributed by atoms with Gasteiger partial charge >= 0.3 is 0 Å². The highest BCUT2D eigenvalue weighted by Gasteiger charge is 2.37. The third kappa shape index (κ3) is 2.48. The number of aliphatic hydroxyl groups is 1. The fourth-order valence-electron chi connectivity index (χ4n) is 3.82.